The van der Waals surface area contributed by atoms with Crippen molar-refractivity contribution < 1.29 is 9.53 Å². The van der Waals surface area contributed by atoms with Crippen LogP contribution in [0, 0.1) is 0 Å². The Bertz CT molecular complexity index is 721. The number of ether oxygens (including phenoxy) is 1. The molecule has 158 valence electrons. The van der Waals surface area contributed by atoms with Crippen LogP contribution >= 0.6 is 12.2 Å². The first-order valence-electron chi connectivity index (χ1n) is 10.8. The predicted octanol–water partition coefficient (Wildman–Crippen LogP) is 1.94. The Morgan fingerprint density at radius 3 is 2.72 bits per heavy atom. The van der Waals surface area contributed by atoms with E-state index in [2.05, 4.69) is 51.2 Å². The van der Waals surface area contributed by atoms with Crippen molar-refractivity contribution in [1.29, 1.82) is 0 Å². The Morgan fingerprint density at radius 1 is 1.24 bits per heavy atom. The maximum absolute atomic E-state index is 12.5. The average molecular weight is 417 g/mol. The van der Waals surface area contributed by atoms with E-state index in [-0.39, 0.29) is 29.7 Å². The molecule has 3 fully saturated rings. The standard InChI is InChI=1S/C22H32N4O2S/c1-16-13-19(25-21(29)24-16)20(27)23-14-18-7-8-22(28-18)9-11-26(12-10-22)15-17-5-3-2-4-6-17/h2-6,16,18-19H,7-15H2,1H3,(H,23,27)(H2,24,25,29)/t16-,18+,19+/m1/s1. The lowest BCUT2D eigenvalue weighted by molar-refractivity contribution is -0.125. The lowest BCUT2D eigenvalue weighted by Crippen LogP contribution is -2.58. The highest BCUT2D eigenvalue weighted by Crippen LogP contribution is 2.39. The molecule has 3 heterocycles. The molecule has 3 N–H and O–H groups in total. The van der Waals surface area contributed by atoms with Crippen LogP contribution in [0.15, 0.2) is 30.3 Å². The van der Waals surface area contributed by atoms with Crippen LogP contribution < -0.4 is 16.0 Å². The van der Waals surface area contributed by atoms with E-state index in [0.29, 0.717) is 11.7 Å². The molecule has 0 radical (unpaired) electrons. The predicted molar refractivity (Wildman–Crippen MR) is 118 cm³/mol. The van der Waals surface area contributed by atoms with Crippen LogP contribution in [0.25, 0.3) is 0 Å². The van der Waals surface area contributed by atoms with Crippen molar-refractivity contribution in [2.75, 3.05) is 19.6 Å². The fourth-order valence-corrected chi connectivity index (χ4v) is 5.12. The Hall–Kier alpha value is -1.70. The zero-order chi connectivity index (χ0) is 20.3. The highest BCUT2D eigenvalue weighted by atomic mass is 32.1. The summed E-state index contributed by atoms with van der Waals surface area (Å²) in [5.41, 5.74) is 1.38. The minimum absolute atomic E-state index is 0.00563. The van der Waals surface area contributed by atoms with Crippen LogP contribution in [0.5, 0.6) is 0 Å². The van der Waals surface area contributed by atoms with Crippen molar-refractivity contribution in [2.24, 2.45) is 0 Å². The minimum Gasteiger partial charge on any atom is -0.370 e. The smallest absolute Gasteiger partial charge is 0.242 e. The van der Waals surface area contributed by atoms with Gasteiger partial charge in [-0.3, -0.25) is 9.69 Å². The SMILES string of the molecule is C[C@@H]1C[C@@H](C(=O)NC[C@@H]2CCC3(CCN(Cc4ccccc4)CC3)O2)NC(=S)N1. The molecule has 1 aromatic carbocycles. The molecule has 7 heteroatoms. The molecule has 3 aliphatic rings. The van der Waals surface area contributed by atoms with E-state index in [1.165, 1.54) is 5.56 Å². The fourth-order valence-electron chi connectivity index (χ4n) is 4.77. The topological polar surface area (TPSA) is 65.6 Å². The van der Waals surface area contributed by atoms with Crippen LogP contribution in [-0.2, 0) is 16.1 Å². The van der Waals surface area contributed by atoms with Crippen molar-refractivity contribution in [3.8, 4) is 0 Å². The molecule has 1 spiro atoms. The van der Waals surface area contributed by atoms with Crippen molar-refractivity contribution in [3.63, 3.8) is 0 Å². The third-order valence-corrected chi connectivity index (χ3v) is 6.68. The first-order chi connectivity index (χ1) is 14.0. The Labute approximate surface area is 178 Å². The number of hydrogen-bond donors (Lipinski definition) is 3. The summed E-state index contributed by atoms with van der Waals surface area (Å²) in [7, 11) is 0. The third kappa shape index (κ3) is 5.27. The van der Waals surface area contributed by atoms with Crippen molar-refractivity contribution in [3.05, 3.63) is 35.9 Å². The van der Waals surface area contributed by atoms with Crippen molar-refractivity contribution in [1.82, 2.24) is 20.9 Å². The average Bonchev–Trinajstić information content (AvgIpc) is 3.11. The number of carbonyl (C=O) groups excluding carboxylic acids is 1. The van der Waals surface area contributed by atoms with E-state index in [4.69, 9.17) is 17.0 Å². The number of nitrogens with one attached hydrogen (secondary N) is 3. The zero-order valence-corrected chi connectivity index (χ0v) is 18.0. The molecule has 3 aliphatic heterocycles. The van der Waals surface area contributed by atoms with Gasteiger partial charge in [0.25, 0.3) is 0 Å². The normalized spacial score (nSPS) is 29.3. The Balaban J connectivity index is 1.20. The number of hydrogen-bond acceptors (Lipinski definition) is 4. The summed E-state index contributed by atoms with van der Waals surface area (Å²) in [6.07, 6.45) is 5.12. The van der Waals surface area contributed by atoms with E-state index >= 15 is 0 Å². The molecule has 0 bridgehead atoms. The maximum Gasteiger partial charge on any atom is 0.242 e. The van der Waals surface area contributed by atoms with Gasteiger partial charge < -0.3 is 20.7 Å². The molecular weight excluding hydrogens is 384 g/mol. The van der Waals surface area contributed by atoms with Crippen LogP contribution in [0.4, 0.5) is 0 Å². The summed E-state index contributed by atoms with van der Waals surface area (Å²) < 4.78 is 6.47. The van der Waals surface area contributed by atoms with Gasteiger partial charge in [0.2, 0.25) is 5.91 Å². The molecule has 29 heavy (non-hydrogen) atoms. The molecule has 4 rings (SSSR count). The number of piperidine rings is 1. The van der Waals surface area contributed by atoms with Crippen LogP contribution in [0.2, 0.25) is 0 Å². The number of nitrogens with zero attached hydrogens (tertiary/aromatic N) is 1. The number of likely N-dealkylation sites (tertiary alicyclic amines) is 1. The van der Waals surface area contributed by atoms with Gasteiger partial charge in [0.1, 0.15) is 6.04 Å². The van der Waals surface area contributed by atoms with Gasteiger partial charge >= 0.3 is 0 Å². The summed E-state index contributed by atoms with van der Waals surface area (Å²) in [4.78, 5) is 15.0. The molecular formula is C22H32N4O2S. The number of amides is 1. The quantitative estimate of drug-likeness (QED) is 0.638. The molecule has 6 nitrogen and oxygen atoms in total. The van der Waals surface area contributed by atoms with Gasteiger partial charge in [-0.05, 0) is 56.8 Å². The van der Waals surface area contributed by atoms with Gasteiger partial charge in [-0.15, -0.1) is 0 Å². The van der Waals surface area contributed by atoms with E-state index in [9.17, 15) is 4.79 Å². The van der Waals surface area contributed by atoms with Crippen molar-refractivity contribution in [2.45, 2.75) is 69.4 Å². The number of carbonyl (C=O) groups is 1. The van der Waals surface area contributed by atoms with E-state index < -0.39 is 0 Å². The number of thiocarbonyl (C=S) groups is 1. The molecule has 0 aromatic heterocycles. The summed E-state index contributed by atoms with van der Waals surface area (Å²) in [6, 6.07) is 10.6. The lowest BCUT2D eigenvalue weighted by Gasteiger charge is -2.39. The van der Waals surface area contributed by atoms with Crippen LogP contribution in [0.1, 0.15) is 44.6 Å². The van der Waals surface area contributed by atoms with Crippen LogP contribution in [-0.4, -0.2) is 59.3 Å². The van der Waals surface area contributed by atoms with Gasteiger partial charge in [-0.25, -0.2) is 0 Å². The minimum atomic E-state index is -0.254. The molecule has 1 aromatic rings. The number of benzene rings is 1. The maximum atomic E-state index is 12.5. The second-order valence-corrected chi connectivity index (χ2v) is 9.18. The summed E-state index contributed by atoms with van der Waals surface area (Å²) in [5, 5.41) is 9.83. The van der Waals surface area contributed by atoms with Gasteiger partial charge in [-0.1, -0.05) is 30.3 Å². The second kappa shape index (κ2) is 8.98. The summed E-state index contributed by atoms with van der Waals surface area (Å²) in [6.45, 7) is 5.78. The van der Waals surface area contributed by atoms with E-state index in [1.54, 1.807) is 0 Å². The molecule has 1 amide bonds. The first kappa shape index (κ1) is 20.6. The van der Waals surface area contributed by atoms with Gasteiger partial charge in [0.05, 0.1) is 11.7 Å². The van der Waals surface area contributed by atoms with Crippen LogP contribution in [0.3, 0.4) is 0 Å². The molecule has 3 atom stereocenters. The Morgan fingerprint density at radius 2 is 2.00 bits per heavy atom. The lowest BCUT2D eigenvalue weighted by atomic mass is 9.88. The third-order valence-electron chi connectivity index (χ3n) is 6.45. The van der Waals surface area contributed by atoms with Gasteiger partial charge in [0, 0.05) is 32.2 Å². The first-order valence-corrected chi connectivity index (χ1v) is 11.2. The second-order valence-electron chi connectivity index (χ2n) is 8.78. The summed E-state index contributed by atoms with van der Waals surface area (Å²) in [5.74, 6) is 0.0166. The number of rotatable bonds is 5. The van der Waals surface area contributed by atoms with Gasteiger partial charge in [-0.2, -0.15) is 0 Å². The highest BCUT2D eigenvalue weighted by molar-refractivity contribution is 7.80. The molecule has 3 saturated heterocycles. The summed E-state index contributed by atoms with van der Waals surface area (Å²) >= 11 is 5.17. The molecule has 0 unspecified atom stereocenters. The van der Waals surface area contributed by atoms with Gasteiger partial charge in [0.15, 0.2) is 5.11 Å². The Kier molecular flexibility index (Phi) is 6.37. The van der Waals surface area contributed by atoms with E-state index in [1.807, 2.05) is 6.92 Å². The molecule has 0 aliphatic carbocycles. The molecule has 0 saturated carbocycles. The zero-order valence-electron chi connectivity index (χ0n) is 17.2. The highest BCUT2D eigenvalue weighted by Gasteiger charge is 2.42. The fraction of sp³-hybridized carbons (Fsp3) is 0.636. The van der Waals surface area contributed by atoms with E-state index in [0.717, 1.165) is 51.7 Å². The monoisotopic (exact) mass is 416 g/mol. The van der Waals surface area contributed by atoms with Crippen molar-refractivity contribution >= 4 is 23.2 Å². The largest absolute Gasteiger partial charge is 0.370 e.